The lowest BCUT2D eigenvalue weighted by Gasteiger charge is -2.31. The molecule has 1 fully saturated rings. The number of carbonyl (C=O) groups excluding carboxylic acids is 1. The fourth-order valence-electron chi connectivity index (χ4n) is 4.52. The van der Waals surface area contributed by atoms with Gasteiger partial charge in [-0.25, -0.2) is 0 Å². The van der Waals surface area contributed by atoms with E-state index in [1.54, 1.807) is 7.11 Å². The molecule has 4 aromatic rings. The van der Waals surface area contributed by atoms with Crippen molar-refractivity contribution in [2.24, 2.45) is 0 Å². The first-order chi connectivity index (χ1) is 16.2. The van der Waals surface area contributed by atoms with Gasteiger partial charge in [-0.1, -0.05) is 23.4 Å². The number of piperidine rings is 1. The van der Waals surface area contributed by atoms with Crippen LogP contribution in [0.15, 0.2) is 59.1 Å². The number of H-pyrrole nitrogens is 1. The summed E-state index contributed by atoms with van der Waals surface area (Å²) in [4.78, 5) is 22.7. The predicted octanol–water partition coefficient (Wildman–Crippen LogP) is 4.96. The summed E-state index contributed by atoms with van der Waals surface area (Å²) in [6, 6.07) is 18.2. The number of fused-ring (bicyclic) bond motifs is 1. The second-order valence-electron chi connectivity index (χ2n) is 8.56. The van der Waals surface area contributed by atoms with E-state index in [-0.39, 0.29) is 5.91 Å². The highest BCUT2D eigenvalue weighted by molar-refractivity contribution is 5.80. The van der Waals surface area contributed by atoms with Crippen molar-refractivity contribution >= 4 is 16.8 Å². The summed E-state index contributed by atoms with van der Waals surface area (Å²) in [5, 5.41) is 5.31. The number of methoxy groups -OCH3 is 1. The van der Waals surface area contributed by atoms with Gasteiger partial charge in [-0.3, -0.25) is 4.79 Å². The summed E-state index contributed by atoms with van der Waals surface area (Å²) in [7, 11) is 1.63. The minimum absolute atomic E-state index is 0.208. The van der Waals surface area contributed by atoms with Gasteiger partial charge in [0, 0.05) is 48.6 Å². The van der Waals surface area contributed by atoms with E-state index < -0.39 is 0 Å². The molecule has 0 saturated carbocycles. The normalized spacial score (nSPS) is 14.6. The number of aromatic nitrogens is 3. The summed E-state index contributed by atoms with van der Waals surface area (Å²) in [6.07, 6.45) is 3.78. The molecule has 0 bridgehead atoms. The number of amides is 1. The maximum Gasteiger partial charge on any atom is 0.226 e. The molecule has 2 aromatic carbocycles. The van der Waals surface area contributed by atoms with Gasteiger partial charge < -0.3 is 19.1 Å². The van der Waals surface area contributed by atoms with Crippen molar-refractivity contribution in [2.45, 2.75) is 38.0 Å². The van der Waals surface area contributed by atoms with Crippen LogP contribution in [0.1, 0.15) is 43.2 Å². The number of ether oxygens (including phenoxy) is 1. The fourth-order valence-corrected chi connectivity index (χ4v) is 4.52. The summed E-state index contributed by atoms with van der Waals surface area (Å²) in [6.45, 7) is 1.61. The van der Waals surface area contributed by atoms with Crippen molar-refractivity contribution in [1.82, 2.24) is 20.0 Å². The quantitative estimate of drug-likeness (QED) is 0.436. The summed E-state index contributed by atoms with van der Waals surface area (Å²) < 4.78 is 10.5. The summed E-state index contributed by atoms with van der Waals surface area (Å²) in [5.74, 6) is 2.59. The molecular weight excluding hydrogens is 416 g/mol. The second kappa shape index (κ2) is 9.48. The van der Waals surface area contributed by atoms with Gasteiger partial charge in [0.25, 0.3) is 0 Å². The Labute approximate surface area is 192 Å². The van der Waals surface area contributed by atoms with Gasteiger partial charge >= 0.3 is 0 Å². The molecule has 1 aliphatic heterocycles. The van der Waals surface area contributed by atoms with Gasteiger partial charge in [-0.15, -0.1) is 0 Å². The van der Waals surface area contributed by atoms with Crippen molar-refractivity contribution in [2.75, 3.05) is 20.2 Å². The minimum atomic E-state index is 0.208. The summed E-state index contributed by atoms with van der Waals surface area (Å²) >= 11 is 0. The number of nitrogens with zero attached hydrogens (tertiary/aromatic N) is 3. The molecule has 1 aliphatic rings. The number of hydrogen-bond donors (Lipinski definition) is 1. The van der Waals surface area contributed by atoms with Crippen LogP contribution in [0, 0.1) is 0 Å². The Kier molecular flexibility index (Phi) is 6.11. The maximum atomic E-state index is 12.7. The molecular formula is C26H28N4O3. The number of aryl methyl sites for hydroxylation is 1. The molecule has 1 saturated heterocycles. The lowest BCUT2D eigenvalue weighted by molar-refractivity contribution is -0.132. The Bertz CT molecular complexity index is 1190. The number of aromatic amines is 1. The summed E-state index contributed by atoms with van der Waals surface area (Å²) in [5.41, 5.74) is 3.34. The molecule has 1 amide bonds. The Morgan fingerprint density at radius 2 is 1.94 bits per heavy atom. The van der Waals surface area contributed by atoms with Crippen LogP contribution >= 0.6 is 0 Å². The molecule has 0 radical (unpaired) electrons. The van der Waals surface area contributed by atoms with Gasteiger partial charge in [-0.05, 0) is 61.0 Å². The molecule has 5 rings (SSSR count). The van der Waals surface area contributed by atoms with Crippen molar-refractivity contribution in [1.29, 1.82) is 0 Å². The first-order valence-corrected chi connectivity index (χ1v) is 11.5. The first-order valence-electron chi connectivity index (χ1n) is 11.5. The number of likely N-dealkylation sites (tertiary alicyclic amines) is 1. The van der Waals surface area contributed by atoms with Gasteiger partial charge in [0.2, 0.25) is 17.6 Å². The Balaban J connectivity index is 1.08. The standard InChI is InChI=1S/C26H28N4O3/c1-32-21-11-9-19(10-12-21)26-28-24(33-29-26)7-4-8-25(31)30-15-13-18(14-16-30)23-17-20-5-2-3-6-22(20)27-23/h2-3,5-6,9-12,17-18,27H,4,7-8,13-16H2,1H3. The van der Waals surface area contributed by atoms with Crippen LogP contribution < -0.4 is 4.74 Å². The highest BCUT2D eigenvalue weighted by Gasteiger charge is 2.24. The largest absolute Gasteiger partial charge is 0.497 e. The molecule has 2 aromatic heterocycles. The van der Waals surface area contributed by atoms with E-state index in [2.05, 4.69) is 45.5 Å². The van der Waals surface area contributed by atoms with Crippen LogP contribution in [0.2, 0.25) is 0 Å². The van der Waals surface area contributed by atoms with E-state index in [1.165, 1.54) is 16.6 Å². The van der Waals surface area contributed by atoms with Gasteiger partial charge in [0.15, 0.2) is 0 Å². The number of hydrogen-bond acceptors (Lipinski definition) is 5. The van der Waals surface area contributed by atoms with E-state index in [0.29, 0.717) is 36.9 Å². The highest BCUT2D eigenvalue weighted by atomic mass is 16.5. The topological polar surface area (TPSA) is 84.3 Å². The third-order valence-electron chi connectivity index (χ3n) is 6.44. The molecule has 1 N–H and O–H groups in total. The third-order valence-corrected chi connectivity index (χ3v) is 6.44. The third kappa shape index (κ3) is 4.77. The average Bonchev–Trinajstić information content (AvgIpc) is 3.51. The van der Waals surface area contributed by atoms with Gasteiger partial charge in [-0.2, -0.15) is 4.98 Å². The van der Waals surface area contributed by atoms with E-state index >= 15 is 0 Å². The van der Waals surface area contributed by atoms with Gasteiger partial charge in [0.1, 0.15) is 5.75 Å². The number of para-hydroxylation sites is 1. The zero-order valence-corrected chi connectivity index (χ0v) is 18.8. The van der Waals surface area contributed by atoms with Crippen LogP contribution in [0.4, 0.5) is 0 Å². The lowest BCUT2D eigenvalue weighted by Crippen LogP contribution is -2.37. The zero-order chi connectivity index (χ0) is 22.6. The Morgan fingerprint density at radius 3 is 2.70 bits per heavy atom. The number of nitrogens with one attached hydrogen (secondary N) is 1. The fraction of sp³-hybridized carbons (Fsp3) is 0.346. The molecule has 7 nitrogen and oxygen atoms in total. The Morgan fingerprint density at radius 1 is 1.15 bits per heavy atom. The molecule has 0 unspecified atom stereocenters. The number of carbonyl (C=O) groups is 1. The second-order valence-corrected chi connectivity index (χ2v) is 8.56. The average molecular weight is 445 g/mol. The molecule has 7 heteroatoms. The SMILES string of the molecule is COc1ccc(-c2noc(CCCC(=O)N3CCC(c4cc5ccccc5[nH]4)CC3)n2)cc1. The molecule has 0 aliphatic carbocycles. The van der Waals surface area contributed by atoms with E-state index in [4.69, 9.17) is 9.26 Å². The molecule has 0 atom stereocenters. The lowest BCUT2D eigenvalue weighted by atomic mass is 9.93. The number of benzene rings is 2. The molecule has 170 valence electrons. The monoisotopic (exact) mass is 444 g/mol. The minimum Gasteiger partial charge on any atom is -0.497 e. The van der Waals surface area contributed by atoms with Crippen molar-refractivity contribution in [3.8, 4) is 17.1 Å². The molecule has 0 spiro atoms. The molecule has 33 heavy (non-hydrogen) atoms. The maximum absolute atomic E-state index is 12.7. The van der Waals surface area contributed by atoms with E-state index in [9.17, 15) is 4.79 Å². The van der Waals surface area contributed by atoms with Crippen LogP contribution in [0.3, 0.4) is 0 Å². The van der Waals surface area contributed by atoms with E-state index in [1.807, 2.05) is 29.2 Å². The first kappa shape index (κ1) is 21.2. The number of rotatable bonds is 7. The van der Waals surface area contributed by atoms with Crippen molar-refractivity contribution in [3.05, 3.63) is 66.2 Å². The van der Waals surface area contributed by atoms with Crippen LogP contribution in [-0.2, 0) is 11.2 Å². The van der Waals surface area contributed by atoms with Crippen LogP contribution in [-0.4, -0.2) is 46.1 Å². The zero-order valence-electron chi connectivity index (χ0n) is 18.8. The predicted molar refractivity (Wildman–Crippen MR) is 126 cm³/mol. The van der Waals surface area contributed by atoms with E-state index in [0.717, 1.165) is 37.2 Å². The van der Waals surface area contributed by atoms with Crippen LogP contribution in [0.25, 0.3) is 22.3 Å². The van der Waals surface area contributed by atoms with Crippen molar-refractivity contribution < 1.29 is 14.1 Å². The van der Waals surface area contributed by atoms with Crippen molar-refractivity contribution in [3.63, 3.8) is 0 Å². The van der Waals surface area contributed by atoms with Gasteiger partial charge in [0.05, 0.1) is 7.11 Å². The molecule has 3 heterocycles. The highest BCUT2D eigenvalue weighted by Crippen LogP contribution is 2.30. The Hall–Kier alpha value is -3.61. The smallest absolute Gasteiger partial charge is 0.226 e. The van der Waals surface area contributed by atoms with Crippen LogP contribution in [0.5, 0.6) is 5.75 Å².